The minimum atomic E-state index is 0.150. The maximum absolute atomic E-state index is 5.67. The van der Waals surface area contributed by atoms with E-state index < -0.39 is 0 Å². The van der Waals surface area contributed by atoms with Crippen molar-refractivity contribution >= 4 is 17.1 Å². The first-order chi connectivity index (χ1) is 8.79. The fourth-order valence-electron chi connectivity index (χ4n) is 1.75. The Labute approximate surface area is 102 Å². The molecule has 0 unspecified atom stereocenters. The van der Waals surface area contributed by atoms with Gasteiger partial charge in [-0.15, -0.1) is 0 Å². The maximum Gasteiger partial charge on any atom is 0.222 e. The first kappa shape index (κ1) is 10.5. The lowest BCUT2D eigenvalue weighted by Gasteiger charge is -2.07. The molecule has 3 rings (SSSR count). The van der Waals surface area contributed by atoms with E-state index in [2.05, 4.69) is 24.9 Å². The number of fused-ring (bicyclic) bond motifs is 1. The van der Waals surface area contributed by atoms with Crippen LogP contribution in [0, 0.1) is 0 Å². The molecule has 0 aliphatic rings. The fraction of sp³-hybridized carbons (Fsp3) is 0.0909. The van der Waals surface area contributed by atoms with E-state index in [4.69, 9.17) is 10.5 Å². The fourth-order valence-corrected chi connectivity index (χ4v) is 1.75. The number of hydrogen-bond donors (Lipinski definition) is 2. The van der Waals surface area contributed by atoms with Crippen LogP contribution in [-0.2, 0) is 0 Å². The van der Waals surface area contributed by atoms with Gasteiger partial charge in [-0.1, -0.05) is 0 Å². The number of nitrogens with two attached hydrogens (primary N) is 1. The van der Waals surface area contributed by atoms with Crippen molar-refractivity contribution in [3.05, 3.63) is 24.7 Å². The molecule has 0 aliphatic carbocycles. The summed E-state index contributed by atoms with van der Waals surface area (Å²) >= 11 is 0. The van der Waals surface area contributed by atoms with Gasteiger partial charge in [-0.05, 0) is 12.1 Å². The van der Waals surface area contributed by atoms with Crippen LogP contribution < -0.4 is 10.5 Å². The SMILES string of the molecule is COc1cccnc1-c1nc(N)nc2nc[nH]c12. The lowest BCUT2D eigenvalue weighted by molar-refractivity contribution is 0.414. The number of nitrogens with one attached hydrogen (secondary N) is 1. The highest BCUT2D eigenvalue weighted by Gasteiger charge is 2.15. The van der Waals surface area contributed by atoms with Gasteiger partial charge in [0.05, 0.1) is 13.4 Å². The van der Waals surface area contributed by atoms with E-state index in [9.17, 15) is 0 Å². The van der Waals surface area contributed by atoms with Crippen LogP contribution in [0.2, 0.25) is 0 Å². The highest BCUT2D eigenvalue weighted by Crippen LogP contribution is 2.29. The Morgan fingerprint density at radius 1 is 1.22 bits per heavy atom. The number of aromatic nitrogens is 5. The van der Waals surface area contributed by atoms with Crippen LogP contribution in [-0.4, -0.2) is 32.0 Å². The zero-order valence-corrected chi connectivity index (χ0v) is 9.58. The molecule has 0 aromatic carbocycles. The van der Waals surface area contributed by atoms with Gasteiger partial charge < -0.3 is 15.5 Å². The molecule has 7 heteroatoms. The molecule has 0 aliphatic heterocycles. The number of methoxy groups -OCH3 is 1. The number of rotatable bonds is 2. The highest BCUT2D eigenvalue weighted by molar-refractivity contribution is 5.88. The Hall–Kier alpha value is -2.70. The molecule has 0 saturated carbocycles. The van der Waals surface area contributed by atoms with Crippen molar-refractivity contribution in [2.45, 2.75) is 0 Å². The zero-order chi connectivity index (χ0) is 12.5. The van der Waals surface area contributed by atoms with Gasteiger partial charge in [-0.3, -0.25) is 4.98 Å². The molecule has 0 saturated heterocycles. The smallest absolute Gasteiger partial charge is 0.222 e. The third-order valence-corrected chi connectivity index (χ3v) is 2.52. The molecule has 7 nitrogen and oxygen atoms in total. The number of pyridine rings is 1. The van der Waals surface area contributed by atoms with Crippen LogP contribution in [0.3, 0.4) is 0 Å². The van der Waals surface area contributed by atoms with Crippen LogP contribution in [0.1, 0.15) is 0 Å². The Morgan fingerprint density at radius 2 is 2.11 bits per heavy atom. The maximum atomic E-state index is 5.67. The first-order valence-corrected chi connectivity index (χ1v) is 5.25. The molecule has 0 amide bonds. The van der Waals surface area contributed by atoms with Gasteiger partial charge in [0.25, 0.3) is 0 Å². The molecule has 3 aromatic rings. The van der Waals surface area contributed by atoms with Crippen molar-refractivity contribution in [1.82, 2.24) is 24.9 Å². The third-order valence-electron chi connectivity index (χ3n) is 2.52. The van der Waals surface area contributed by atoms with Crippen LogP contribution in [0.15, 0.2) is 24.7 Å². The van der Waals surface area contributed by atoms with E-state index in [1.807, 2.05) is 6.07 Å². The van der Waals surface area contributed by atoms with Gasteiger partial charge in [0.15, 0.2) is 5.65 Å². The predicted octanol–water partition coefficient (Wildman–Crippen LogP) is 1.01. The van der Waals surface area contributed by atoms with Gasteiger partial charge in [0.1, 0.15) is 22.7 Å². The van der Waals surface area contributed by atoms with E-state index in [0.717, 1.165) is 0 Å². The second-order valence-electron chi connectivity index (χ2n) is 3.59. The second-order valence-corrected chi connectivity index (χ2v) is 3.59. The van der Waals surface area contributed by atoms with E-state index in [-0.39, 0.29) is 5.95 Å². The minimum Gasteiger partial charge on any atom is -0.494 e. The van der Waals surface area contributed by atoms with Crippen molar-refractivity contribution in [3.8, 4) is 17.1 Å². The largest absolute Gasteiger partial charge is 0.494 e. The molecule has 3 heterocycles. The number of hydrogen-bond acceptors (Lipinski definition) is 6. The Morgan fingerprint density at radius 3 is 2.94 bits per heavy atom. The second kappa shape index (κ2) is 3.95. The summed E-state index contributed by atoms with van der Waals surface area (Å²) in [6.45, 7) is 0. The third kappa shape index (κ3) is 1.53. The minimum absolute atomic E-state index is 0.150. The molecule has 3 N–H and O–H groups in total. The molecule has 0 bridgehead atoms. The number of imidazole rings is 1. The van der Waals surface area contributed by atoms with E-state index in [1.165, 1.54) is 6.33 Å². The van der Waals surface area contributed by atoms with E-state index in [0.29, 0.717) is 28.3 Å². The summed E-state index contributed by atoms with van der Waals surface area (Å²) in [4.78, 5) is 19.6. The Bertz CT molecular complexity index is 708. The molecule has 90 valence electrons. The number of ether oxygens (including phenoxy) is 1. The van der Waals surface area contributed by atoms with Crippen molar-refractivity contribution in [3.63, 3.8) is 0 Å². The molecule has 0 radical (unpaired) electrons. The average molecular weight is 242 g/mol. The van der Waals surface area contributed by atoms with Crippen LogP contribution in [0.4, 0.5) is 5.95 Å². The number of nitrogen functional groups attached to an aromatic ring is 1. The van der Waals surface area contributed by atoms with Crippen molar-refractivity contribution in [2.75, 3.05) is 12.8 Å². The molecule has 3 aromatic heterocycles. The van der Waals surface area contributed by atoms with Crippen LogP contribution in [0.5, 0.6) is 5.75 Å². The van der Waals surface area contributed by atoms with Crippen molar-refractivity contribution in [2.24, 2.45) is 0 Å². The summed E-state index contributed by atoms with van der Waals surface area (Å²) in [6.07, 6.45) is 3.20. The number of aromatic amines is 1. The van der Waals surface area contributed by atoms with Gasteiger partial charge in [-0.25, -0.2) is 9.97 Å². The van der Waals surface area contributed by atoms with Gasteiger partial charge >= 0.3 is 0 Å². The number of H-pyrrole nitrogens is 1. The van der Waals surface area contributed by atoms with Crippen molar-refractivity contribution < 1.29 is 4.74 Å². The summed E-state index contributed by atoms with van der Waals surface area (Å²) in [5.74, 6) is 0.767. The van der Waals surface area contributed by atoms with Crippen LogP contribution >= 0.6 is 0 Å². The monoisotopic (exact) mass is 242 g/mol. The predicted molar refractivity (Wildman–Crippen MR) is 65.9 cm³/mol. The van der Waals surface area contributed by atoms with Crippen LogP contribution in [0.25, 0.3) is 22.6 Å². The zero-order valence-electron chi connectivity index (χ0n) is 9.58. The molecule has 0 spiro atoms. The Kier molecular flexibility index (Phi) is 2.30. The molecular formula is C11H10N6O. The number of anilines is 1. The standard InChI is InChI=1S/C11H10N6O/c1-18-6-3-2-4-13-7(6)8-9-10(15-5-14-9)17-11(12)16-8/h2-5H,1H3,(H3,12,14,15,16,17). The molecule has 0 atom stereocenters. The van der Waals surface area contributed by atoms with Gasteiger partial charge in [0.2, 0.25) is 5.95 Å². The van der Waals surface area contributed by atoms with Gasteiger partial charge in [-0.2, -0.15) is 4.98 Å². The molecular weight excluding hydrogens is 232 g/mol. The highest BCUT2D eigenvalue weighted by atomic mass is 16.5. The van der Waals surface area contributed by atoms with Gasteiger partial charge in [0, 0.05) is 6.20 Å². The molecule has 0 fully saturated rings. The topological polar surface area (TPSA) is 103 Å². The summed E-state index contributed by atoms with van der Waals surface area (Å²) in [5, 5.41) is 0. The quantitative estimate of drug-likeness (QED) is 0.695. The van der Waals surface area contributed by atoms with E-state index >= 15 is 0 Å². The normalized spacial score (nSPS) is 10.7. The van der Waals surface area contributed by atoms with E-state index in [1.54, 1.807) is 19.4 Å². The molecule has 18 heavy (non-hydrogen) atoms. The Balaban J connectivity index is 2.34. The first-order valence-electron chi connectivity index (χ1n) is 5.25. The summed E-state index contributed by atoms with van der Waals surface area (Å²) in [6, 6.07) is 3.60. The summed E-state index contributed by atoms with van der Waals surface area (Å²) < 4.78 is 5.27. The lowest BCUT2D eigenvalue weighted by atomic mass is 10.2. The summed E-state index contributed by atoms with van der Waals surface area (Å²) in [7, 11) is 1.58. The summed E-state index contributed by atoms with van der Waals surface area (Å²) in [5.41, 5.74) is 8.03. The number of nitrogens with zero attached hydrogens (tertiary/aromatic N) is 4. The average Bonchev–Trinajstić information content (AvgIpc) is 2.85. The lowest BCUT2D eigenvalue weighted by Crippen LogP contribution is -2.00. The van der Waals surface area contributed by atoms with Crippen molar-refractivity contribution in [1.29, 1.82) is 0 Å².